The summed E-state index contributed by atoms with van der Waals surface area (Å²) in [5.41, 5.74) is 5.04. The lowest BCUT2D eigenvalue weighted by Crippen LogP contribution is -2.13. The van der Waals surface area contributed by atoms with Gasteiger partial charge in [0.15, 0.2) is 0 Å². The van der Waals surface area contributed by atoms with Crippen LogP contribution >= 0.6 is 0 Å². The second-order valence-electron chi connectivity index (χ2n) is 3.86. The van der Waals surface area contributed by atoms with Crippen molar-refractivity contribution in [3.63, 3.8) is 0 Å². The van der Waals surface area contributed by atoms with Crippen LogP contribution in [0.2, 0.25) is 0 Å². The molecule has 6 heteroatoms. The van der Waals surface area contributed by atoms with E-state index in [0.29, 0.717) is 12.4 Å². The first kappa shape index (κ1) is 14.0. The molecule has 18 heavy (non-hydrogen) atoms. The van der Waals surface area contributed by atoms with Crippen LogP contribution in [0.4, 0.5) is 5.69 Å². The van der Waals surface area contributed by atoms with Crippen molar-refractivity contribution in [3.05, 3.63) is 33.9 Å². The number of non-ortho nitro benzene ring substituents is 1. The number of nitrogens with zero attached hydrogens (tertiary/aromatic N) is 1. The van der Waals surface area contributed by atoms with Crippen molar-refractivity contribution in [2.45, 2.75) is 26.2 Å². The standard InChI is InChI=1S/C12H16N2O4/c1-2-3-4-7-18-11-6-5-9(14(16)17)8-10(11)12(13)15/h5-6,8H,2-4,7H2,1H3,(H2,13,15). The molecule has 2 N–H and O–H groups in total. The molecular weight excluding hydrogens is 236 g/mol. The van der Waals surface area contributed by atoms with E-state index < -0.39 is 10.8 Å². The monoisotopic (exact) mass is 252 g/mol. The molecule has 0 spiro atoms. The summed E-state index contributed by atoms with van der Waals surface area (Å²) in [5, 5.41) is 10.6. The molecule has 0 aliphatic heterocycles. The van der Waals surface area contributed by atoms with E-state index >= 15 is 0 Å². The molecule has 1 amide bonds. The van der Waals surface area contributed by atoms with E-state index in [1.807, 2.05) is 0 Å². The summed E-state index contributed by atoms with van der Waals surface area (Å²) in [6, 6.07) is 3.84. The first-order valence-electron chi connectivity index (χ1n) is 5.77. The van der Waals surface area contributed by atoms with E-state index in [-0.39, 0.29) is 11.3 Å². The van der Waals surface area contributed by atoms with Crippen molar-refractivity contribution in [1.29, 1.82) is 0 Å². The molecule has 0 saturated carbocycles. The molecule has 1 aromatic carbocycles. The summed E-state index contributed by atoms with van der Waals surface area (Å²) in [6.07, 6.45) is 2.96. The van der Waals surface area contributed by atoms with Gasteiger partial charge in [-0.1, -0.05) is 19.8 Å². The SMILES string of the molecule is CCCCCOc1ccc([N+](=O)[O-])cc1C(N)=O. The van der Waals surface area contributed by atoms with Crippen molar-refractivity contribution < 1.29 is 14.5 Å². The van der Waals surface area contributed by atoms with Gasteiger partial charge in [-0.2, -0.15) is 0 Å². The first-order chi connectivity index (χ1) is 8.56. The van der Waals surface area contributed by atoms with Crippen LogP contribution in [0.25, 0.3) is 0 Å². The molecule has 0 fully saturated rings. The van der Waals surface area contributed by atoms with Crippen LogP contribution in [-0.4, -0.2) is 17.4 Å². The fourth-order valence-corrected chi connectivity index (χ4v) is 1.48. The molecule has 0 aromatic heterocycles. The minimum absolute atomic E-state index is 0.0423. The smallest absolute Gasteiger partial charge is 0.270 e. The van der Waals surface area contributed by atoms with Crippen molar-refractivity contribution in [2.75, 3.05) is 6.61 Å². The lowest BCUT2D eigenvalue weighted by atomic mass is 10.1. The van der Waals surface area contributed by atoms with E-state index in [1.165, 1.54) is 12.1 Å². The van der Waals surface area contributed by atoms with Crippen molar-refractivity contribution in [3.8, 4) is 5.75 Å². The lowest BCUT2D eigenvalue weighted by Gasteiger charge is -2.09. The number of hydrogen-bond acceptors (Lipinski definition) is 4. The number of primary amides is 1. The van der Waals surface area contributed by atoms with Gasteiger partial charge in [0.1, 0.15) is 5.75 Å². The Balaban J connectivity index is 2.83. The average Bonchev–Trinajstić information content (AvgIpc) is 2.34. The van der Waals surface area contributed by atoms with Gasteiger partial charge in [-0.3, -0.25) is 14.9 Å². The number of carbonyl (C=O) groups is 1. The average molecular weight is 252 g/mol. The summed E-state index contributed by atoms with van der Waals surface area (Å²) in [6.45, 7) is 2.53. The highest BCUT2D eigenvalue weighted by molar-refractivity contribution is 5.96. The Labute approximate surface area is 105 Å². The number of ether oxygens (including phenoxy) is 1. The molecule has 0 atom stereocenters. The number of carbonyl (C=O) groups excluding carboxylic acids is 1. The zero-order valence-corrected chi connectivity index (χ0v) is 10.2. The number of nitro groups is 1. The van der Waals surface area contributed by atoms with E-state index in [2.05, 4.69) is 6.92 Å². The van der Waals surface area contributed by atoms with Crippen LogP contribution in [0.1, 0.15) is 36.5 Å². The van der Waals surface area contributed by atoms with Crippen molar-refractivity contribution in [1.82, 2.24) is 0 Å². The molecule has 1 rings (SSSR count). The molecule has 98 valence electrons. The highest BCUT2D eigenvalue weighted by atomic mass is 16.6. The van der Waals surface area contributed by atoms with Crippen molar-refractivity contribution >= 4 is 11.6 Å². The van der Waals surface area contributed by atoms with Gasteiger partial charge in [-0.05, 0) is 12.5 Å². The number of benzene rings is 1. The topological polar surface area (TPSA) is 95.5 Å². The number of unbranched alkanes of at least 4 members (excludes halogenated alkanes) is 2. The number of rotatable bonds is 7. The molecule has 6 nitrogen and oxygen atoms in total. The Hall–Kier alpha value is -2.11. The Kier molecular flexibility index (Phi) is 5.10. The van der Waals surface area contributed by atoms with Gasteiger partial charge in [-0.25, -0.2) is 0 Å². The fourth-order valence-electron chi connectivity index (χ4n) is 1.48. The Morgan fingerprint density at radius 2 is 2.17 bits per heavy atom. The third kappa shape index (κ3) is 3.73. The highest BCUT2D eigenvalue weighted by Gasteiger charge is 2.15. The Bertz CT molecular complexity index is 446. The van der Waals surface area contributed by atoms with Gasteiger partial charge in [0.2, 0.25) is 0 Å². The highest BCUT2D eigenvalue weighted by Crippen LogP contribution is 2.24. The van der Waals surface area contributed by atoms with E-state index in [1.54, 1.807) is 0 Å². The number of nitro benzene ring substituents is 1. The van der Waals surface area contributed by atoms with Crippen LogP contribution in [0, 0.1) is 10.1 Å². The molecule has 0 heterocycles. The molecule has 0 aliphatic rings. The third-order valence-electron chi connectivity index (χ3n) is 2.44. The zero-order chi connectivity index (χ0) is 13.5. The normalized spacial score (nSPS) is 10.1. The quantitative estimate of drug-likeness (QED) is 0.457. The van der Waals surface area contributed by atoms with Crippen LogP contribution < -0.4 is 10.5 Å². The largest absolute Gasteiger partial charge is 0.493 e. The summed E-state index contributed by atoms with van der Waals surface area (Å²) in [5.74, 6) is -0.437. The van der Waals surface area contributed by atoms with Crippen molar-refractivity contribution in [2.24, 2.45) is 5.73 Å². The molecule has 0 unspecified atom stereocenters. The molecule has 1 aromatic rings. The number of amides is 1. The summed E-state index contributed by atoms with van der Waals surface area (Å²) in [4.78, 5) is 21.2. The lowest BCUT2D eigenvalue weighted by molar-refractivity contribution is -0.384. The van der Waals surface area contributed by atoms with Gasteiger partial charge < -0.3 is 10.5 Å². The predicted octanol–water partition coefficient (Wildman–Crippen LogP) is 2.26. The molecule has 0 saturated heterocycles. The van der Waals surface area contributed by atoms with Crippen LogP contribution in [0.15, 0.2) is 18.2 Å². The van der Waals surface area contributed by atoms with Crippen LogP contribution in [0.5, 0.6) is 5.75 Å². The minimum Gasteiger partial charge on any atom is -0.493 e. The third-order valence-corrected chi connectivity index (χ3v) is 2.44. The van der Waals surface area contributed by atoms with E-state index in [0.717, 1.165) is 25.3 Å². The number of nitrogens with two attached hydrogens (primary N) is 1. The summed E-state index contributed by atoms with van der Waals surface area (Å²) < 4.78 is 5.41. The summed E-state index contributed by atoms with van der Waals surface area (Å²) in [7, 11) is 0. The van der Waals surface area contributed by atoms with Gasteiger partial charge in [0.05, 0.1) is 17.1 Å². The van der Waals surface area contributed by atoms with E-state index in [9.17, 15) is 14.9 Å². The zero-order valence-electron chi connectivity index (χ0n) is 10.2. The second kappa shape index (κ2) is 6.58. The van der Waals surface area contributed by atoms with E-state index in [4.69, 9.17) is 10.5 Å². The second-order valence-corrected chi connectivity index (χ2v) is 3.86. The molecule has 0 aliphatic carbocycles. The first-order valence-corrected chi connectivity index (χ1v) is 5.77. The summed E-state index contributed by atoms with van der Waals surface area (Å²) >= 11 is 0. The Morgan fingerprint density at radius 1 is 1.44 bits per heavy atom. The predicted molar refractivity (Wildman–Crippen MR) is 66.6 cm³/mol. The minimum atomic E-state index is -0.732. The Morgan fingerprint density at radius 3 is 2.72 bits per heavy atom. The molecular formula is C12H16N2O4. The maximum atomic E-state index is 11.2. The molecule has 0 radical (unpaired) electrons. The van der Waals surface area contributed by atoms with Gasteiger partial charge in [0.25, 0.3) is 11.6 Å². The van der Waals surface area contributed by atoms with Crippen LogP contribution in [-0.2, 0) is 0 Å². The maximum absolute atomic E-state index is 11.2. The number of hydrogen-bond donors (Lipinski definition) is 1. The van der Waals surface area contributed by atoms with Gasteiger partial charge in [0, 0.05) is 12.1 Å². The van der Waals surface area contributed by atoms with Gasteiger partial charge >= 0.3 is 0 Å². The van der Waals surface area contributed by atoms with Crippen LogP contribution in [0.3, 0.4) is 0 Å². The fraction of sp³-hybridized carbons (Fsp3) is 0.417. The maximum Gasteiger partial charge on any atom is 0.270 e. The van der Waals surface area contributed by atoms with Gasteiger partial charge in [-0.15, -0.1) is 0 Å². The molecule has 0 bridgehead atoms.